The van der Waals surface area contributed by atoms with Crippen LogP contribution in [0.3, 0.4) is 0 Å². The zero-order valence-corrected chi connectivity index (χ0v) is 11.3. The first-order valence-corrected chi connectivity index (χ1v) is 6.37. The summed E-state index contributed by atoms with van der Waals surface area (Å²) in [5.41, 5.74) is -0.369. The van der Waals surface area contributed by atoms with Crippen LogP contribution in [-0.2, 0) is 9.53 Å². The van der Waals surface area contributed by atoms with E-state index in [2.05, 4.69) is 11.0 Å². The van der Waals surface area contributed by atoms with Crippen LogP contribution in [0.25, 0.3) is 0 Å². The van der Waals surface area contributed by atoms with Crippen LogP contribution in [0.5, 0.6) is 0 Å². The lowest BCUT2D eigenvalue weighted by Crippen LogP contribution is -2.44. The molecule has 5 heteroatoms. The Morgan fingerprint density at radius 3 is 2.72 bits per heavy atom. The lowest BCUT2D eigenvalue weighted by Gasteiger charge is -2.30. The minimum absolute atomic E-state index is 0.0676. The molecule has 5 nitrogen and oxygen atoms in total. The first kappa shape index (κ1) is 14.9. The van der Waals surface area contributed by atoms with Crippen LogP contribution in [0.2, 0.25) is 0 Å². The van der Waals surface area contributed by atoms with Crippen molar-refractivity contribution in [2.45, 2.75) is 33.2 Å². The van der Waals surface area contributed by atoms with Gasteiger partial charge < -0.3 is 9.84 Å². The van der Waals surface area contributed by atoms with Crippen LogP contribution in [-0.4, -0.2) is 48.3 Å². The van der Waals surface area contributed by atoms with Crippen molar-refractivity contribution in [3.63, 3.8) is 0 Å². The summed E-state index contributed by atoms with van der Waals surface area (Å²) in [5.74, 6) is -1.24. The number of likely N-dealkylation sites (N-methyl/N-ethyl adjacent to an activating group) is 1. The second-order valence-corrected chi connectivity index (χ2v) is 5.42. The van der Waals surface area contributed by atoms with Gasteiger partial charge in [0.1, 0.15) is 0 Å². The molecular formula is C13H22N2O3. The number of carboxylic acid groups (broad SMARTS) is 1. The monoisotopic (exact) mass is 254 g/mol. The molecule has 1 aliphatic rings. The first-order chi connectivity index (χ1) is 8.41. The van der Waals surface area contributed by atoms with E-state index in [9.17, 15) is 4.79 Å². The van der Waals surface area contributed by atoms with Crippen molar-refractivity contribution in [3.8, 4) is 6.07 Å². The summed E-state index contributed by atoms with van der Waals surface area (Å²) >= 11 is 0. The van der Waals surface area contributed by atoms with E-state index < -0.39 is 11.9 Å². The summed E-state index contributed by atoms with van der Waals surface area (Å²) in [6, 6.07) is 2.20. The fourth-order valence-electron chi connectivity index (χ4n) is 2.18. The van der Waals surface area contributed by atoms with Crippen molar-refractivity contribution in [1.82, 2.24) is 4.90 Å². The number of nitriles is 1. The number of hydrogen-bond donors (Lipinski definition) is 1. The summed E-state index contributed by atoms with van der Waals surface area (Å²) in [6.45, 7) is 8.09. The van der Waals surface area contributed by atoms with Gasteiger partial charge in [0.2, 0.25) is 0 Å². The van der Waals surface area contributed by atoms with Crippen molar-refractivity contribution >= 4 is 5.97 Å². The molecule has 0 aromatic heterocycles. The Hall–Kier alpha value is -1.12. The van der Waals surface area contributed by atoms with Crippen molar-refractivity contribution in [2.24, 2.45) is 11.3 Å². The minimum atomic E-state index is -0.796. The van der Waals surface area contributed by atoms with Gasteiger partial charge in [0.05, 0.1) is 30.6 Å². The lowest BCUT2D eigenvalue weighted by atomic mass is 9.90. The van der Waals surface area contributed by atoms with Gasteiger partial charge in [0.25, 0.3) is 0 Å². The van der Waals surface area contributed by atoms with Gasteiger partial charge in [0.15, 0.2) is 0 Å². The molecule has 1 aliphatic heterocycles. The van der Waals surface area contributed by atoms with Gasteiger partial charge in [-0.05, 0) is 26.8 Å². The first-order valence-electron chi connectivity index (χ1n) is 6.37. The molecule has 1 fully saturated rings. The quantitative estimate of drug-likeness (QED) is 0.774. The smallest absolute Gasteiger partial charge is 0.310 e. The Balaban J connectivity index is 2.61. The van der Waals surface area contributed by atoms with Crippen molar-refractivity contribution < 1.29 is 14.6 Å². The number of ether oxygens (including phenoxy) is 1. The molecule has 0 radical (unpaired) electrons. The highest BCUT2D eigenvalue weighted by atomic mass is 16.5. The largest absolute Gasteiger partial charge is 0.481 e. The SMILES string of the molecule is CCN(CCC(C)(C)C#N)C1COCC1C(=O)O. The molecule has 0 spiro atoms. The molecule has 2 unspecified atom stereocenters. The van der Waals surface area contributed by atoms with Crippen molar-refractivity contribution in [3.05, 3.63) is 0 Å². The maximum Gasteiger partial charge on any atom is 0.310 e. The normalized spacial score (nSPS) is 24.2. The molecule has 0 bridgehead atoms. The van der Waals surface area contributed by atoms with Gasteiger partial charge in [0, 0.05) is 12.6 Å². The average Bonchev–Trinajstić information content (AvgIpc) is 2.79. The zero-order valence-electron chi connectivity index (χ0n) is 11.3. The summed E-state index contributed by atoms with van der Waals surface area (Å²) in [7, 11) is 0. The highest BCUT2D eigenvalue weighted by Gasteiger charge is 2.37. The third-order valence-electron chi connectivity index (χ3n) is 3.57. The lowest BCUT2D eigenvalue weighted by molar-refractivity contribution is -0.143. The molecule has 0 aromatic rings. The Bertz CT molecular complexity index is 336. The van der Waals surface area contributed by atoms with E-state index in [0.29, 0.717) is 6.61 Å². The fraction of sp³-hybridized carbons (Fsp3) is 0.846. The number of carbonyl (C=O) groups is 1. The van der Waals surface area contributed by atoms with Crippen LogP contribution >= 0.6 is 0 Å². The summed E-state index contributed by atoms with van der Waals surface area (Å²) in [6.07, 6.45) is 0.736. The predicted molar refractivity (Wildman–Crippen MR) is 67.0 cm³/mol. The van der Waals surface area contributed by atoms with E-state index in [-0.39, 0.29) is 18.1 Å². The molecule has 0 aromatic carbocycles. The maximum atomic E-state index is 11.1. The van der Waals surface area contributed by atoms with Gasteiger partial charge in [-0.25, -0.2) is 0 Å². The highest BCUT2D eigenvalue weighted by molar-refractivity contribution is 5.71. The molecule has 0 amide bonds. The van der Waals surface area contributed by atoms with Crippen LogP contribution in [0.1, 0.15) is 27.2 Å². The van der Waals surface area contributed by atoms with Gasteiger partial charge in [-0.2, -0.15) is 5.26 Å². The van der Waals surface area contributed by atoms with E-state index in [1.54, 1.807) is 0 Å². The maximum absolute atomic E-state index is 11.1. The van der Waals surface area contributed by atoms with E-state index in [1.807, 2.05) is 20.8 Å². The molecule has 102 valence electrons. The molecule has 1 heterocycles. The molecule has 1 N–H and O–H groups in total. The second-order valence-electron chi connectivity index (χ2n) is 5.42. The van der Waals surface area contributed by atoms with Crippen LogP contribution in [0, 0.1) is 22.7 Å². The summed E-state index contributed by atoms with van der Waals surface area (Å²) in [4.78, 5) is 13.2. The highest BCUT2D eigenvalue weighted by Crippen LogP contribution is 2.24. The molecular weight excluding hydrogens is 232 g/mol. The molecule has 0 saturated carbocycles. The van der Waals surface area contributed by atoms with Crippen LogP contribution < -0.4 is 0 Å². The van der Waals surface area contributed by atoms with Crippen LogP contribution in [0.4, 0.5) is 0 Å². The number of rotatable bonds is 6. The van der Waals surface area contributed by atoms with Gasteiger partial charge in [-0.15, -0.1) is 0 Å². The third kappa shape index (κ3) is 3.69. The Labute approximate surface area is 108 Å². The molecule has 2 atom stereocenters. The van der Waals surface area contributed by atoms with Gasteiger partial charge in [-0.3, -0.25) is 9.69 Å². The molecule has 18 heavy (non-hydrogen) atoms. The van der Waals surface area contributed by atoms with E-state index in [4.69, 9.17) is 15.1 Å². The third-order valence-corrected chi connectivity index (χ3v) is 3.57. The topological polar surface area (TPSA) is 73.6 Å². The summed E-state index contributed by atoms with van der Waals surface area (Å²) in [5, 5.41) is 18.1. The minimum Gasteiger partial charge on any atom is -0.481 e. The standard InChI is InChI=1S/C13H22N2O3/c1-4-15(6-5-13(2,3)9-14)11-8-18-7-10(11)12(16)17/h10-11H,4-8H2,1-3H3,(H,16,17). The summed E-state index contributed by atoms with van der Waals surface area (Å²) < 4.78 is 5.28. The van der Waals surface area contributed by atoms with E-state index in [0.717, 1.165) is 19.5 Å². The van der Waals surface area contributed by atoms with Gasteiger partial charge in [-0.1, -0.05) is 6.92 Å². The fourth-order valence-corrected chi connectivity index (χ4v) is 2.18. The predicted octanol–water partition coefficient (Wildman–Crippen LogP) is 1.35. The molecule has 0 aliphatic carbocycles. The van der Waals surface area contributed by atoms with E-state index >= 15 is 0 Å². The Morgan fingerprint density at radius 2 is 2.22 bits per heavy atom. The Morgan fingerprint density at radius 1 is 1.56 bits per heavy atom. The second kappa shape index (κ2) is 6.17. The van der Waals surface area contributed by atoms with E-state index in [1.165, 1.54) is 0 Å². The molecule has 1 rings (SSSR count). The average molecular weight is 254 g/mol. The number of aliphatic carboxylic acids is 1. The Kier molecular flexibility index (Phi) is 5.12. The zero-order chi connectivity index (χ0) is 13.8. The number of hydrogen-bond acceptors (Lipinski definition) is 4. The molecule has 1 saturated heterocycles. The number of nitrogens with zero attached hydrogens (tertiary/aromatic N) is 2. The van der Waals surface area contributed by atoms with Crippen molar-refractivity contribution in [1.29, 1.82) is 5.26 Å². The van der Waals surface area contributed by atoms with Gasteiger partial charge >= 0.3 is 5.97 Å². The van der Waals surface area contributed by atoms with Crippen molar-refractivity contribution in [2.75, 3.05) is 26.3 Å². The van der Waals surface area contributed by atoms with Crippen LogP contribution in [0.15, 0.2) is 0 Å². The number of carboxylic acids is 1.